The van der Waals surface area contributed by atoms with Crippen molar-refractivity contribution in [2.24, 2.45) is 10.6 Å². The Hall–Kier alpha value is -0.981. The second kappa shape index (κ2) is 7.02. The van der Waals surface area contributed by atoms with Crippen molar-refractivity contribution in [3.05, 3.63) is 20.9 Å². The summed E-state index contributed by atoms with van der Waals surface area (Å²) >= 11 is -1.69. The summed E-state index contributed by atoms with van der Waals surface area (Å²) in [6, 6.07) is 0. The van der Waals surface area contributed by atoms with E-state index in [4.69, 9.17) is 11.1 Å². The molecule has 46 valence electrons. The molecule has 0 aromatic heterocycles. The van der Waals surface area contributed by atoms with E-state index in [0.29, 0.717) is 0 Å². The van der Waals surface area contributed by atoms with Gasteiger partial charge >= 0.3 is 59.8 Å². The molecule has 0 aliphatic heterocycles. The van der Waals surface area contributed by atoms with Gasteiger partial charge < -0.3 is 0 Å². The minimum atomic E-state index is -1.69. The van der Waals surface area contributed by atoms with Crippen molar-refractivity contribution >= 4 is 22.0 Å². The molecule has 0 N–H and O–H groups in total. The van der Waals surface area contributed by atoms with Crippen molar-refractivity contribution in [3.8, 4) is 0 Å². The predicted octanol–water partition coefficient (Wildman–Crippen LogP) is 1.00. The van der Waals surface area contributed by atoms with Crippen molar-refractivity contribution in [3.63, 3.8) is 0 Å². The Morgan fingerprint density at radius 1 is 1.11 bits per heavy atom. The van der Waals surface area contributed by atoms with Crippen LogP contribution in [-0.4, -0.2) is 22.0 Å². The quantitative estimate of drug-likeness (QED) is 0.180. The van der Waals surface area contributed by atoms with Crippen molar-refractivity contribution in [2.45, 2.75) is 0 Å². The Kier molecular flexibility index (Phi) is 6.25. The van der Waals surface area contributed by atoms with Gasteiger partial charge in [0.15, 0.2) is 0 Å². The van der Waals surface area contributed by atoms with Crippen LogP contribution in [0, 0.1) is 0 Å². The van der Waals surface area contributed by atoms with Gasteiger partial charge in [-0.1, -0.05) is 0 Å². The summed E-state index contributed by atoms with van der Waals surface area (Å²) in [6.07, 6.45) is 0. The van der Waals surface area contributed by atoms with Crippen LogP contribution in [0.1, 0.15) is 0 Å². The number of hydrogen-bond acceptors (Lipinski definition) is 4. The van der Waals surface area contributed by atoms with Crippen LogP contribution in [-0.2, 0) is 6.35 Å². The van der Waals surface area contributed by atoms with Crippen LogP contribution in [0.5, 0.6) is 0 Å². The Balaban J connectivity index is 3.09. The number of hydrogen-bond donors (Lipinski definition) is 0. The summed E-state index contributed by atoms with van der Waals surface area (Å²) in [6.45, 7) is 0. The predicted molar refractivity (Wildman–Crippen MR) is 26.2 cm³/mol. The zero-order chi connectivity index (χ0) is 6.95. The fourth-order valence-electron chi connectivity index (χ4n) is 0.0865. The molecule has 0 spiro atoms. The number of azide groups is 2. The third-order valence-corrected chi connectivity index (χ3v) is 1.12. The minimum absolute atomic E-state index is 1.69. The summed E-state index contributed by atoms with van der Waals surface area (Å²) in [5.74, 6) is 0. The zero-order valence-electron chi connectivity index (χ0n) is 4.00. The standard InChI is InChI=1S/2HN3O.Sn/c2*1-2-3-4;/h2*4H;/q;;+2/p-2. The summed E-state index contributed by atoms with van der Waals surface area (Å²) in [4.78, 5) is 4.53. The second-order valence-corrected chi connectivity index (χ2v) is 2.13. The van der Waals surface area contributed by atoms with Crippen molar-refractivity contribution in [1.82, 2.24) is 0 Å². The number of nitrogens with zero attached hydrogens (tertiary/aromatic N) is 6. The van der Waals surface area contributed by atoms with E-state index >= 15 is 0 Å². The van der Waals surface area contributed by atoms with Gasteiger partial charge in [-0.25, -0.2) is 0 Å². The average Bonchev–Trinajstić information content (AvgIpc) is 1.89. The van der Waals surface area contributed by atoms with Gasteiger partial charge in [-0.15, -0.1) is 0 Å². The monoisotopic (exact) mass is 236 g/mol. The number of rotatable bonds is 4. The van der Waals surface area contributed by atoms with Gasteiger partial charge in [0.05, 0.1) is 0 Å². The van der Waals surface area contributed by atoms with E-state index < -0.39 is 22.0 Å². The van der Waals surface area contributed by atoms with Crippen LogP contribution in [0.2, 0.25) is 0 Å². The molecule has 0 fully saturated rings. The second-order valence-electron chi connectivity index (χ2n) is 0.608. The fraction of sp³-hybridized carbons (Fsp3) is 0. The van der Waals surface area contributed by atoms with Gasteiger partial charge in [0.25, 0.3) is 0 Å². The van der Waals surface area contributed by atoms with Gasteiger partial charge in [-0.3, -0.25) is 0 Å². The van der Waals surface area contributed by atoms with Gasteiger partial charge in [0.2, 0.25) is 0 Å². The Labute approximate surface area is 60.2 Å². The summed E-state index contributed by atoms with van der Waals surface area (Å²) < 4.78 is 8.35. The van der Waals surface area contributed by atoms with E-state index in [9.17, 15) is 0 Å². The van der Waals surface area contributed by atoms with Crippen molar-refractivity contribution < 1.29 is 6.35 Å². The zero-order valence-corrected chi connectivity index (χ0v) is 6.85. The SMILES string of the molecule is [N-]=[N+]=N[O][Sn][O]N=[N+]=[N-]. The summed E-state index contributed by atoms with van der Waals surface area (Å²) in [7, 11) is 0. The van der Waals surface area contributed by atoms with Gasteiger partial charge in [-0.05, 0) is 0 Å². The van der Waals surface area contributed by atoms with Crippen LogP contribution in [0.25, 0.3) is 20.9 Å². The molecular weight excluding hydrogens is 235 g/mol. The van der Waals surface area contributed by atoms with Crippen LogP contribution < -0.4 is 0 Å². The molecule has 0 aliphatic rings. The van der Waals surface area contributed by atoms with Crippen molar-refractivity contribution in [1.29, 1.82) is 0 Å². The van der Waals surface area contributed by atoms with Gasteiger partial charge in [0.1, 0.15) is 0 Å². The molecule has 0 saturated heterocycles. The van der Waals surface area contributed by atoms with E-state index in [2.05, 4.69) is 26.7 Å². The molecule has 0 unspecified atom stereocenters. The normalized spacial score (nSPS) is 6.22. The van der Waals surface area contributed by atoms with Gasteiger partial charge in [-0.2, -0.15) is 0 Å². The molecule has 0 aliphatic carbocycles. The van der Waals surface area contributed by atoms with E-state index in [-0.39, 0.29) is 0 Å². The van der Waals surface area contributed by atoms with Crippen molar-refractivity contribution in [2.75, 3.05) is 0 Å². The fourth-order valence-corrected chi connectivity index (χ4v) is 0.580. The molecule has 9 heteroatoms. The molecule has 8 nitrogen and oxygen atoms in total. The summed E-state index contributed by atoms with van der Waals surface area (Å²) in [5, 5.41) is 5.38. The van der Waals surface area contributed by atoms with Crippen LogP contribution in [0.15, 0.2) is 10.6 Å². The third-order valence-electron chi connectivity index (χ3n) is 0.229. The molecule has 9 heavy (non-hydrogen) atoms. The first-order chi connectivity index (χ1) is 4.41. The first-order valence-electron chi connectivity index (χ1n) is 1.57. The Bertz CT molecular complexity index is 134. The van der Waals surface area contributed by atoms with E-state index in [1.807, 2.05) is 0 Å². The van der Waals surface area contributed by atoms with Crippen LogP contribution in [0.4, 0.5) is 0 Å². The molecule has 0 bridgehead atoms. The molecule has 0 atom stereocenters. The topological polar surface area (TPSA) is 116 Å². The van der Waals surface area contributed by atoms with E-state index in [0.717, 1.165) is 0 Å². The maximum absolute atomic E-state index is 7.62. The van der Waals surface area contributed by atoms with Gasteiger partial charge in [0, 0.05) is 0 Å². The molecule has 0 aromatic rings. The maximum atomic E-state index is 7.62. The molecule has 0 amide bonds. The molecule has 0 rings (SSSR count). The average molecular weight is 235 g/mol. The molecular formula is N6O2Sn. The third kappa shape index (κ3) is 7.02. The Morgan fingerprint density at radius 3 is 1.89 bits per heavy atom. The Morgan fingerprint density at radius 2 is 1.56 bits per heavy atom. The van der Waals surface area contributed by atoms with E-state index in [1.165, 1.54) is 0 Å². The molecule has 0 aromatic carbocycles. The molecule has 0 saturated carbocycles. The van der Waals surface area contributed by atoms with Crippen LogP contribution >= 0.6 is 0 Å². The first kappa shape index (κ1) is 8.02. The molecule has 0 heterocycles. The van der Waals surface area contributed by atoms with Crippen LogP contribution in [0.3, 0.4) is 0 Å². The van der Waals surface area contributed by atoms with E-state index in [1.54, 1.807) is 0 Å². The molecule has 2 radical (unpaired) electrons. The summed E-state index contributed by atoms with van der Waals surface area (Å²) in [5.41, 5.74) is 15.2. The first-order valence-corrected chi connectivity index (χ1v) is 3.90.